The highest BCUT2D eigenvalue weighted by atomic mass is 16.5. The maximum atomic E-state index is 13.7. The number of benzene rings is 3. The van der Waals surface area contributed by atoms with Crippen LogP contribution in [0.2, 0.25) is 0 Å². The predicted octanol–water partition coefficient (Wildman–Crippen LogP) is 4.72. The molecule has 0 spiro atoms. The molecule has 1 aliphatic heterocycles. The summed E-state index contributed by atoms with van der Waals surface area (Å²) in [5.74, 6) is 0.141. The summed E-state index contributed by atoms with van der Waals surface area (Å²) in [6.07, 6.45) is 0. The predicted molar refractivity (Wildman–Crippen MR) is 125 cm³/mol. The Balaban J connectivity index is 1.88. The first-order valence-corrected chi connectivity index (χ1v) is 10.2. The van der Waals surface area contributed by atoms with Crippen molar-refractivity contribution in [3.63, 3.8) is 0 Å². The third-order valence-electron chi connectivity index (χ3n) is 5.34. The van der Waals surface area contributed by atoms with Crippen molar-refractivity contribution >= 4 is 28.8 Å². The summed E-state index contributed by atoms with van der Waals surface area (Å²) in [4.78, 5) is 28.5. The number of methoxy groups -OCH3 is 2. The fourth-order valence-corrected chi connectivity index (χ4v) is 3.77. The molecule has 0 atom stereocenters. The second-order valence-electron chi connectivity index (χ2n) is 7.57. The first-order chi connectivity index (χ1) is 15.4. The van der Waals surface area contributed by atoms with Gasteiger partial charge in [0.25, 0.3) is 11.8 Å². The summed E-state index contributed by atoms with van der Waals surface area (Å²) in [6.45, 7) is 3.85. The van der Waals surface area contributed by atoms with Gasteiger partial charge < -0.3 is 14.8 Å². The third kappa shape index (κ3) is 3.71. The summed E-state index contributed by atoms with van der Waals surface area (Å²) < 4.78 is 10.9. The van der Waals surface area contributed by atoms with Crippen molar-refractivity contribution in [2.24, 2.45) is 0 Å². The van der Waals surface area contributed by atoms with E-state index in [-0.39, 0.29) is 5.70 Å². The van der Waals surface area contributed by atoms with Crippen LogP contribution < -0.4 is 19.7 Å². The van der Waals surface area contributed by atoms with Crippen molar-refractivity contribution in [1.82, 2.24) is 0 Å². The van der Waals surface area contributed by atoms with Gasteiger partial charge in [-0.25, -0.2) is 4.90 Å². The Morgan fingerprint density at radius 3 is 2.03 bits per heavy atom. The van der Waals surface area contributed by atoms with Gasteiger partial charge in [-0.15, -0.1) is 0 Å². The Kier molecular flexibility index (Phi) is 5.69. The maximum absolute atomic E-state index is 13.7. The number of hydrogen-bond acceptors (Lipinski definition) is 5. The number of rotatable bonds is 6. The van der Waals surface area contributed by atoms with Crippen LogP contribution in [-0.4, -0.2) is 26.0 Å². The Morgan fingerprint density at radius 2 is 1.38 bits per heavy atom. The van der Waals surface area contributed by atoms with E-state index in [2.05, 4.69) is 5.32 Å². The van der Waals surface area contributed by atoms with Crippen LogP contribution in [0.4, 0.5) is 11.4 Å². The minimum absolute atomic E-state index is 0.189. The quantitative estimate of drug-likeness (QED) is 0.576. The van der Waals surface area contributed by atoms with Crippen LogP contribution in [-0.2, 0) is 9.59 Å². The number of anilines is 2. The van der Waals surface area contributed by atoms with Gasteiger partial charge >= 0.3 is 0 Å². The lowest BCUT2D eigenvalue weighted by Crippen LogP contribution is -2.32. The van der Waals surface area contributed by atoms with Gasteiger partial charge in [0.15, 0.2) is 0 Å². The number of hydrogen-bond donors (Lipinski definition) is 1. The van der Waals surface area contributed by atoms with Crippen molar-refractivity contribution in [3.05, 3.63) is 89.1 Å². The smallest absolute Gasteiger partial charge is 0.282 e. The van der Waals surface area contributed by atoms with Crippen LogP contribution in [0.25, 0.3) is 5.57 Å². The van der Waals surface area contributed by atoms with Crippen LogP contribution in [0.3, 0.4) is 0 Å². The summed E-state index contributed by atoms with van der Waals surface area (Å²) >= 11 is 0. The first kappa shape index (κ1) is 21.2. The van der Waals surface area contributed by atoms with Gasteiger partial charge in [-0.05, 0) is 54.8 Å². The van der Waals surface area contributed by atoms with Gasteiger partial charge in [-0.2, -0.15) is 0 Å². The monoisotopic (exact) mass is 428 g/mol. The van der Waals surface area contributed by atoms with Crippen LogP contribution in [0, 0.1) is 13.8 Å². The average molecular weight is 428 g/mol. The van der Waals surface area contributed by atoms with Crippen LogP contribution >= 0.6 is 0 Å². The number of carbonyl (C=O) groups excluding carboxylic acids is 2. The molecule has 0 saturated heterocycles. The van der Waals surface area contributed by atoms with E-state index >= 15 is 0 Å². The molecule has 1 aliphatic rings. The number of ether oxygens (including phenoxy) is 2. The summed E-state index contributed by atoms with van der Waals surface area (Å²) in [6, 6.07) is 20.2. The number of amides is 2. The molecule has 0 fully saturated rings. The second-order valence-corrected chi connectivity index (χ2v) is 7.57. The van der Waals surface area contributed by atoms with E-state index in [1.807, 2.05) is 68.4 Å². The lowest BCUT2D eigenvalue weighted by Gasteiger charge is -2.19. The molecule has 0 aliphatic carbocycles. The Labute approximate surface area is 187 Å². The molecule has 32 heavy (non-hydrogen) atoms. The fraction of sp³-hybridized carbons (Fsp3) is 0.154. The molecule has 162 valence electrons. The molecule has 1 N–H and O–H groups in total. The standard InChI is InChI=1S/C26H24N2O4/c1-16-10-12-21(31-3)19(14-16)27-24-23(18-8-6-5-7-9-18)25(29)28(26(24)30)20-15-17(2)11-13-22(20)32-4/h5-15,27H,1-4H3. The zero-order chi connectivity index (χ0) is 22.8. The highest BCUT2D eigenvalue weighted by Gasteiger charge is 2.41. The minimum atomic E-state index is -0.457. The number of nitrogens with one attached hydrogen (secondary N) is 1. The Bertz CT molecular complexity index is 1230. The van der Waals surface area contributed by atoms with E-state index in [9.17, 15) is 9.59 Å². The van der Waals surface area contributed by atoms with Gasteiger partial charge in [0.2, 0.25) is 0 Å². The highest BCUT2D eigenvalue weighted by molar-refractivity contribution is 6.46. The summed E-state index contributed by atoms with van der Waals surface area (Å²) in [5, 5.41) is 3.18. The average Bonchev–Trinajstić information content (AvgIpc) is 3.03. The molecule has 0 unspecified atom stereocenters. The Hall–Kier alpha value is -4.06. The number of nitrogens with zero attached hydrogens (tertiary/aromatic N) is 1. The van der Waals surface area contributed by atoms with E-state index < -0.39 is 11.8 Å². The van der Waals surface area contributed by atoms with Crippen molar-refractivity contribution in [1.29, 1.82) is 0 Å². The number of imide groups is 1. The van der Waals surface area contributed by atoms with Crippen molar-refractivity contribution in [3.8, 4) is 11.5 Å². The molecule has 6 heteroatoms. The minimum Gasteiger partial charge on any atom is -0.495 e. The van der Waals surface area contributed by atoms with E-state index in [0.29, 0.717) is 34.0 Å². The highest BCUT2D eigenvalue weighted by Crippen LogP contribution is 2.39. The fourth-order valence-electron chi connectivity index (χ4n) is 3.77. The van der Waals surface area contributed by atoms with Gasteiger partial charge in [0.05, 0.1) is 31.2 Å². The van der Waals surface area contributed by atoms with Gasteiger partial charge in [-0.3, -0.25) is 9.59 Å². The molecule has 0 aromatic heterocycles. The number of aryl methyl sites for hydroxylation is 2. The third-order valence-corrected chi connectivity index (χ3v) is 5.34. The van der Waals surface area contributed by atoms with Gasteiger partial charge in [0.1, 0.15) is 17.2 Å². The largest absolute Gasteiger partial charge is 0.495 e. The molecule has 4 rings (SSSR count). The van der Waals surface area contributed by atoms with Crippen LogP contribution in [0.5, 0.6) is 11.5 Å². The molecule has 3 aromatic carbocycles. The molecular weight excluding hydrogens is 404 g/mol. The number of carbonyl (C=O) groups is 2. The second kappa shape index (κ2) is 8.59. The molecule has 2 amide bonds. The summed E-state index contributed by atoms with van der Waals surface area (Å²) in [7, 11) is 3.08. The van der Waals surface area contributed by atoms with E-state index in [1.165, 1.54) is 12.0 Å². The molecule has 0 radical (unpaired) electrons. The zero-order valence-electron chi connectivity index (χ0n) is 18.4. The van der Waals surface area contributed by atoms with E-state index in [1.54, 1.807) is 19.2 Å². The molecule has 1 heterocycles. The zero-order valence-corrected chi connectivity index (χ0v) is 18.4. The van der Waals surface area contributed by atoms with E-state index in [4.69, 9.17) is 9.47 Å². The van der Waals surface area contributed by atoms with Crippen LogP contribution in [0.1, 0.15) is 16.7 Å². The maximum Gasteiger partial charge on any atom is 0.282 e. The molecular formula is C26H24N2O4. The van der Waals surface area contributed by atoms with Crippen molar-refractivity contribution < 1.29 is 19.1 Å². The lowest BCUT2D eigenvalue weighted by molar-refractivity contribution is -0.120. The summed E-state index contributed by atoms with van der Waals surface area (Å²) in [5.41, 5.74) is 4.04. The Morgan fingerprint density at radius 1 is 0.750 bits per heavy atom. The molecule has 6 nitrogen and oxygen atoms in total. The van der Waals surface area contributed by atoms with Crippen LogP contribution in [0.15, 0.2) is 72.4 Å². The van der Waals surface area contributed by atoms with Crippen molar-refractivity contribution in [2.75, 3.05) is 24.4 Å². The topological polar surface area (TPSA) is 67.9 Å². The molecule has 0 saturated carbocycles. The van der Waals surface area contributed by atoms with Gasteiger partial charge in [0, 0.05) is 0 Å². The first-order valence-electron chi connectivity index (χ1n) is 10.2. The molecule has 0 bridgehead atoms. The normalized spacial score (nSPS) is 13.6. The van der Waals surface area contributed by atoms with E-state index in [0.717, 1.165) is 11.1 Å². The lowest BCUT2D eigenvalue weighted by atomic mass is 10.0. The molecule has 3 aromatic rings. The SMILES string of the molecule is COc1ccc(C)cc1NC1=C(c2ccccc2)C(=O)N(c2cc(C)ccc2OC)C1=O. The van der Waals surface area contributed by atoms with Gasteiger partial charge in [-0.1, -0.05) is 42.5 Å². The van der Waals surface area contributed by atoms with Crippen molar-refractivity contribution in [2.45, 2.75) is 13.8 Å².